The Balaban J connectivity index is 1.96. The monoisotopic (exact) mass is 277 g/mol. The van der Waals surface area contributed by atoms with Crippen molar-refractivity contribution in [2.24, 2.45) is 0 Å². The number of halogens is 1. The molecule has 19 heavy (non-hydrogen) atoms. The van der Waals surface area contributed by atoms with Gasteiger partial charge >= 0.3 is 0 Å². The summed E-state index contributed by atoms with van der Waals surface area (Å²) in [7, 11) is 0. The van der Waals surface area contributed by atoms with Crippen LogP contribution in [0.4, 0.5) is 0 Å². The minimum Gasteiger partial charge on any atom is -0.300 e. The molecule has 0 amide bonds. The van der Waals surface area contributed by atoms with Gasteiger partial charge in [0.15, 0.2) is 0 Å². The summed E-state index contributed by atoms with van der Waals surface area (Å²) >= 11 is 6.33. The number of aromatic nitrogens is 2. The lowest BCUT2D eigenvalue weighted by Crippen LogP contribution is -2.39. The maximum atomic E-state index is 6.33. The Labute approximate surface area is 119 Å². The summed E-state index contributed by atoms with van der Waals surface area (Å²) in [6, 6.07) is 6.57. The minimum atomic E-state index is 0.485. The fraction of sp³-hybridized carbons (Fsp3) is 0.533. The van der Waals surface area contributed by atoms with Crippen LogP contribution in [0.1, 0.15) is 38.4 Å². The third-order valence-corrected chi connectivity index (χ3v) is 4.37. The number of nitrogens with zero attached hydrogens (tertiary/aromatic N) is 3. The Morgan fingerprint density at radius 2 is 2.21 bits per heavy atom. The predicted molar refractivity (Wildman–Crippen MR) is 78.9 cm³/mol. The number of likely N-dealkylation sites (tertiary alicyclic amines) is 1. The molecule has 3 nitrogen and oxygen atoms in total. The largest absolute Gasteiger partial charge is 0.300 e. The van der Waals surface area contributed by atoms with Gasteiger partial charge in [0.05, 0.1) is 11.7 Å². The molecule has 2 aromatic heterocycles. The van der Waals surface area contributed by atoms with Gasteiger partial charge in [-0.3, -0.25) is 4.40 Å². The van der Waals surface area contributed by atoms with Crippen LogP contribution in [0.3, 0.4) is 0 Å². The first-order chi connectivity index (χ1) is 9.16. The highest BCUT2D eigenvalue weighted by molar-refractivity contribution is 6.29. The molecule has 0 saturated carbocycles. The molecule has 1 unspecified atom stereocenters. The summed E-state index contributed by atoms with van der Waals surface area (Å²) in [4.78, 5) is 7.16. The summed E-state index contributed by atoms with van der Waals surface area (Å²) in [6.45, 7) is 6.81. The molecule has 0 spiro atoms. The second-order valence-corrected chi connectivity index (χ2v) is 6.04. The fourth-order valence-electron chi connectivity index (χ4n) is 3.01. The minimum absolute atomic E-state index is 0.485. The maximum Gasteiger partial charge on any atom is 0.118 e. The summed E-state index contributed by atoms with van der Waals surface area (Å²) in [6.07, 6.45) is 4.37. The van der Waals surface area contributed by atoms with Crippen LogP contribution in [0, 0.1) is 0 Å². The molecule has 0 bridgehead atoms. The van der Waals surface area contributed by atoms with Crippen LogP contribution in [0.2, 0.25) is 5.15 Å². The number of hydrogen-bond donors (Lipinski definition) is 0. The van der Waals surface area contributed by atoms with Crippen LogP contribution in [0.5, 0.6) is 0 Å². The van der Waals surface area contributed by atoms with E-state index in [1.54, 1.807) is 0 Å². The molecule has 3 rings (SSSR count). The first kappa shape index (κ1) is 12.9. The van der Waals surface area contributed by atoms with Gasteiger partial charge in [-0.15, -0.1) is 0 Å². The van der Waals surface area contributed by atoms with Gasteiger partial charge in [-0.25, -0.2) is 4.98 Å². The normalized spacial score (nSPS) is 21.4. The summed E-state index contributed by atoms with van der Waals surface area (Å²) < 4.78 is 2.09. The van der Waals surface area contributed by atoms with Crippen LogP contribution < -0.4 is 0 Å². The van der Waals surface area contributed by atoms with E-state index in [1.807, 2.05) is 18.3 Å². The standard InChI is InChI=1S/C15H20ClN3/c1-11(2)18-8-4-5-12(10-18)15-17-9-13-6-3-7-14(16)19(13)15/h3,6-7,9,11-12H,4-5,8,10H2,1-2H3. The molecule has 4 heteroatoms. The van der Waals surface area contributed by atoms with Crippen molar-refractivity contribution in [3.05, 3.63) is 35.4 Å². The van der Waals surface area contributed by atoms with Gasteiger partial charge in [-0.05, 0) is 45.4 Å². The molecule has 0 N–H and O–H groups in total. The van der Waals surface area contributed by atoms with Gasteiger partial charge in [0.1, 0.15) is 11.0 Å². The van der Waals surface area contributed by atoms with Crippen molar-refractivity contribution in [3.8, 4) is 0 Å². The van der Waals surface area contributed by atoms with Crippen molar-refractivity contribution in [3.63, 3.8) is 0 Å². The van der Waals surface area contributed by atoms with Crippen molar-refractivity contribution in [1.29, 1.82) is 0 Å². The zero-order valence-corrected chi connectivity index (χ0v) is 12.3. The lowest BCUT2D eigenvalue weighted by Gasteiger charge is -2.34. The molecule has 1 atom stereocenters. The van der Waals surface area contributed by atoms with Gasteiger partial charge in [0.25, 0.3) is 0 Å². The third kappa shape index (κ3) is 2.37. The molecule has 0 aliphatic carbocycles. The Morgan fingerprint density at radius 1 is 1.37 bits per heavy atom. The molecule has 102 valence electrons. The number of hydrogen-bond acceptors (Lipinski definition) is 2. The second-order valence-electron chi connectivity index (χ2n) is 5.65. The van der Waals surface area contributed by atoms with E-state index in [1.165, 1.54) is 19.4 Å². The van der Waals surface area contributed by atoms with E-state index >= 15 is 0 Å². The number of pyridine rings is 1. The van der Waals surface area contributed by atoms with E-state index in [-0.39, 0.29) is 0 Å². The smallest absolute Gasteiger partial charge is 0.118 e. The molecule has 1 aliphatic rings. The van der Waals surface area contributed by atoms with Gasteiger partial charge in [0.2, 0.25) is 0 Å². The maximum absolute atomic E-state index is 6.33. The van der Waals surface area contributed by atoms with Crippen LogP contribution in [0.15, 0.2) is 24.4 Å². The Morgan fingerprint density at radius 3 is 3.00 bits per heavy atom. The highest BCUT2D eigenvalue weighted by Gasteiger charge is 2.26. The average Bonchev–Trinajstić information content (AvgIpc) is 2.84. The summed E-state index contributed by atoms with van der Waals surface area (Å²) in [5.41, 5.74) is 1.09. The average molecular weight is 278 g/mol. The van der Waals surface area contributed by atoms with E-state index in [4.69, 9.17) is 11.6 Å². The molecule has 1 saturated heterocycles. The van der Waals surface area contributed by atoms with E-state index in [9.17, 15) is 0 Å². The Kier molecular flexibility index (Phi) is 3.50. The quantitative estimate of drug-likeness (QED) is 0.782. The van der Waals surface area contributed by atoms with E-state index in [0.29, 0.717) is 12.0 Å². The predicted octanol–water partition coefficient (Wildman–Crippen LogP) is 3.58. The summed E-state index contributed by atoms with van der Waals surface area (Å²) in [5, 5.41) is 0.756. The van der Waals surface area contributed by atoms with Gasteiger partial charge in [-0.2, -0.15) is 0 Å². The molecule has 3 heterocycles. The molecule has 1 aliphatic heterocycles. The van der Waals surface area contributed by atoms with Crippen LogP contribution in [-0.4, -0.2) is 33.4 Å². The van der Waals surface area contributed by atoms with Crippen LogP contribution in [-0.2, 0) is 0 Å². The molecule has 0 aromatic carbocycles. The molecule has 2 aromatic rings. The Bertz CT molecular complexity index is 576. The topological polar surface area (TPSA) is 20.5 Å². The highest BCUT2D eigenvalue weighted by atomic mass is 35.5. The van der Waals surface area contributed by atoms with E-state index in [2.05, 4.69) is 34.2 Å². The van der Waals surface area contributed by atoms with Crippen molar-refractivity contribution >= 4 is 17.1 Å². The summed E-state index contributed by atoms with van der Waals surface area (Å²) in [5.74, 6) is 1.60. The highest BCUT2D eigenvalue weighted by Crippen LogP contribution is 2.29. The zero-order chi connectivity index (χ0) is 13.4. The van der Waals surface area contributed by atoms with Gasteiger partial charge in [-0.1, -0.05) is 17.7 Å². The number of imidazole rings is 1. The van der Waals surface area contributed by atoms with Crippen LogP contribution in [0.25, 0.3) is 5.52 Å². The Hall–Kier alpha value is -1.06. The van der Waals surface area contributed by atoms with Gasteiger partial charge in [0, 0.05) is 18.5 Å². The zero-order valence-electron chi connectivity index (χ0n) is 11.5. The fourth-order valence-corrected chi connectivity index (χ4v) is 3.26. The van der Waals surface area contributed by atoms with E-state index in [0.717, 1.165) is 23.0 Å². The SMILES string of the molecule is CC(C)N1CCCC(c2ncc3cccc(Cl)n23)C1. The van der Waals surface area contributed by atoms with Crippen molar-refractivity contribution in [1.82, 2.24) is 14.3 Å². The number of fused-ring (bicyclic) bond motifs is 1. The van der Waals surface area contributed by atoms with E-state index < -0.39 is 0 Å². The lowest BCUT2D eigenvalue weighted by molar-refractivity contribution is 0.164. The molecular formula is C15H20ClN3. The van der Waals surface area contributed by atoms with Crippen LogP contribution >= 0.6 is 11.6 Å². The number of rotatable bonds is 2. The molecule has 1 fully saturated rings. The molecular weight excluding hydrogens is 258 g/mol. The lowest BCUT2D eigenvalue weighted by atomic mass is 9.96. The van der Waals surface area contributed by atoms with Gasteiger partial charge < -0.3 is 4.90 Å². The number of piperidine rings is 1. The third-order valence-electron chi connectivity index (χ3n) is 4.08. The molecule has 0 radical (unpaired) electrons. The van der Waals surface area contributed by atoms with Crippen molar-refractivity contribution < 1.29 is 0 Å². The van der Waals surface area contributed by atoms with Crippen molar-refractivity contribution in [2.45, 2.75) is 38.6 Å². The second kappa shape index (κ2) is 5.14. The first-order valence-corrected chi connectivity index (χ1v) is 7.40. The first-order valence-electron chi connectivity index (χ1n) is 7.02. The van der Waals surface area contributed by atoms with Crippen molar-refractivity contribution in [2.75, 3.05) is 13.1 Å².